The van der Waals surface area contributed by atoms with Crippen LogP contribution in [-0.4, -0.2) is 99.6 Å². The molecule has 0 saturated carbocycles. The van der Waals surface area contributed by atoms with Crippen molar-refractivity contribution in [3.8, 4) is 0 Å². The van der Waals surface area contributed by atoms with Crippen LogP contribution in [0.1, 0.15) is 297 Å². The second kappa shape index (κ2) is 64.2. The number of carbonyl (C=O) groups excluding carboxylic acids is 2. The quantitative estimate of drug-likeness (QED) is 0.0195. The number of allylic oxidation sites excluding steroid dienone is 19. The average molecular weight is 1240 g/mol. The Morgan fingerprint density at radius 1 is 0.449 bits per heavy atom. The largest absolute Gasteiger partial charge is 0.454 e. The van der Waals surface area contributed by atoms with E-state index in [-0.39, 0.29) is 19.4 Å². The minimum Gasteiger partial charge on any atom is -0.454 e. The van der Waals surface area contributed by atoms with Crippen molar-refractivity contribution >= 4 is 11.9 Å². The predicted octanol–water partition coefficient (Wildman–Crippen LogP) is 19.0. The van der Waals surface area contributed by atoms with E-state index in [0.717, 1.165) is 135 Å². The third-order valence-electron chi connectivity index (χ3n) is 16.3. The van der Waals surface area contributed by atoms with Crippen LogP contribution in [0.25, 0.3) is 0 Å². The van der Waals surface area contributed by atoms with E-state index in [1.165, 1.54) is 116 Å². The first kappa shape index (κ1) is 83.1. The van der Waals surface area contributed by atoms with Crippen molar-refractivity contribution in [3.63, 3.8) is 0 Å². The minimum atomic E-state index is -1.63. The topological polar surface area (TPSA) is 175 Å². The van der Waals surface area contributed by atoms with Crippen LogP contribution in [0, 0.1) is 0 Å². The van der Waals surface area contributed by atoms with Gasteiger partial charge in [-0.1, -0.05) is 296 Å². The van der Waals surface area contributed by atoms with Crippen LogP contribution in [0.5, 0.6) is 0 Å². The highest BCUT2D eigenvalue weighted by atomic mass is 16.7. The summed E-state index contributed by atoms with van der Waals surface area (Å²) in [5.74, 6) is -1.21. The summed E-state index contributed by atoms with van der Waals surface area (Å²) in [5.41, 5.74) is 0. The van der Waals surface area contributed by atoms with Gasteiger partial charge >= 0.3 is 5.97 Å². The molecule has 0 aliphatic carbocycles. The fraction of sp³-hybridized carbons (Fsp3) is 0.718. The lowest BCUT2D eigenvalue weighted by molar-refractivity contribution is -0.305. The van der Waals surface area contributed by atoms with Crippen LogP contribution >= 0.6 is 0 Å². The van der Waals surface area contributed by atoms with E-state index in [0.29, 0.717) is 12.8 Å². The van der Waals surface area contributed by atoms with Crippen LogP contribution in [-0.2, 0) is 23.8 Å². The number of hydrogen-bond donors (Lipinski definition) is 6. The summed E-state index contributed by atoms with van der Waals surface area (Å²) in [6, 6.07) is -1.04. The molecule has 11 nitrogen and oxygen atoms in total. The van der Waals surface area contributed by atoms with Crippen LogP contribution in [0.15, 0.2) is 122 Å². The SMILES string of the molecule is CC/C=C\C/C=C\C/C=C\C/C=C\C/C=C\C/C=C\CCCCCCCCCCC(=O)OC1C(OCC(NC(=O)C(O)CCCCCCCCC/C=C\C/C=C\C/C=C\CCCCC)C(O)/C=C/CCCCCCCCCCCCC)OC(CO)C(O)C1O. The maximum Gasteiger partial charge on any atom is 0.306 e. The predicted molar refractivity (Wildman–Crippen MR) is 374 cm³/mol. The average Bonchev–Trinajstić information content (AvgIpc) is 1.85. The molecule has 510 valence electrons. The standard InChI is InChI=1S/C78H133NO10/c1-4-7-10-13-16-19-22-25-27-29-31-33-34-35-36-37-38-39-41-43-45-48-51-54-57-60-63-66-73(83)89-76-75(85)74(84)72(67-80)88-78(76)87-68-69(70(81)64-61-58-55-52-49-46-24-21-18-15-12-9-6-3)79-77(86)71(82)65-62-59-56-53-50-47-44-42-40-32-30-28-26-23-20-17-14-11-8-5-2/h7,10,16-17,19-20,25-28,31-33,35-36,38-40,61,64,69-72,74-76,78,80-82,84-85H,4-6,8-9,11-15,18,21-24,29-30,34,37,41-60,62-63,65-68H2,1-3H3,(H,79,86)/b10-7-,19-16-,20-17-,27-25-,28-26-,33-31-,36-35-,39-38-,40-32-,64-61+. The summed E-state index contributed by atoms with van der Waals surface area (Å²) < 4.78 is 17.7. The van der Waals surface area contributed by atoms with Gasteiger partial charge in [-0.2, -0.15) is 0 Å². The zero-order valence-corrected chi connectivity index (χ0v) is 56.8. The van der Waals surface area contributed by atoms with Gasteiger partial charge in [-0.3, -0.25) is 9.59 Å². The first-order valence-corrected chi connectivity index (χ1v) is 36.3. The lowest BCUT2D eigenvalue weighted by atomic mass is 9.99. The smallest absolute Gasteiger partial charge is 0.306 e. The number of esters is 1. The molecule has 11 heteroatoms. The van der Waals surface area contributed by atoms with Crippen LogP contribution < -0.4 is 5.32 Å². The molecule has 0 aromatic heterocycles. The molecule has 1 heterocycles. The summed E-state index contributed by atoms with van der Waals surface area (Å²) in [7, 11) is 0. The van der Waals surface area contributed by atoms with Gasteiger partial charge in [0, 0.05) is 6.42 Å². The molecular weight excluding hydrogens is 1110 g/mol. The summed E-state index contributed by atoms with van der Waals surface area (Å²) in [6.07, 6.45) is 79.4. The number of aliphatic hydroxyl groups is 5. The third-order valence-corrected chi connectivity index (χ3v) is 16.3. The lowest BCUT2D eigenvalue weighted by Gasteiger charge is -2.41. The number of aliphatic hydroxyl groups excluding tert-OH is 5. The molecule has 8 unspecified atom stereocenters. The van der Waals surface area contributed by atoms with Crippen molar-refractivity contribution in [2.75, 3.05) is 13.2 Å². The van der Waals surface area contributed by atoms with E-state index in [2.05, 4.69) is 135 Å². The fourth-order valence-corrected chi connectivity index (χ4v) is 10.7. The van der Waals surface area contributed by atoms with E-state index < -0.39 is 67.4 Å². The van der Waals surface area contributed by atoms with Gasteiger partial charge in [0.25, 0.3) is 0 Å². The van der Waals surface area contributed by atoms with E-state index in [9.17, 15) is 35.1 Å². The van der Waals surface area contributed by atoms with Crippen molar-refractivity contribution in [3.05, 3.63) is 122 Å². The Bertz CT molecular complexity index is 1920. The summed E-state index contributed by atoms with van der Waals surface area (Å²) in [4.78, 5) is 26.7. The highest BCUT2D eigenvalue weighted by Crippen LogP contribution is 2.26. The van der Waals surface area contributed by atoms with Gasteiger partial charge in [0.05, 0.1) is 25.4 Å². The van der Waals surface area contributed by atoms with Crippen LogP contribution in [0.3, 0.4) is 0 Å². The number of amides is 1. The molecule has 0 bridgehead atoms. The zero-order chi connectivity index (χ0) is 64.6. The molecule has 1 fully saturated rings. The number of hydrogen-bond acceptors (Lipinski definition) is 10. The van der Waals surface area contributed by atoms with E-state index in [4.69, 9.17) is 14.2 Å². The Morgan fingerprint density at radius 3 is 1.24 bits per heavy atom. The molecule has 1 aliphatic heterocycles. The van der Waals surface area contributed by atoms with Gasteiger partial charge in [0.15, 0.2) is 12.4 Å². The van der Waals surface area contributed by atoms with Gasteiger partial charge in [0.1, 0.15) is 24.4 Å². The maximum atomic E-state index is 13.5. The minimum absolute atomic E-state index is 0.106. The molecule has 1 aliphatic rings. The molecule has 1 rings (SSSR count). The highest BCUT2D eigenvalue weighted by molar-refractivity contribution is 5.80. The summed E-state index contributed by atoms with van der Waals surface area (Å²) >= 11 is 0. The molecule has 0 spiro atoms. The second-order valence-electron chi connectivity index (χ2n) is 24.6. The Labute approximate surface area is 544 Å². The van der Waals surface area contributed by atoms with Gasteiger partial charge in [-0.15, -0.1) is 0 Å². The number of rotatable bonds is 61. The highest BCUT2D eigenvalue weighted by Gasteiger charge is 2.47. The Hall–Kier alpha value is -3.94. The molecular formula is C78H133NO10. The number of nitrogens with one attached hydrogen (secondary N) is 1. The fourth-order valence-electron chi connectivity index (χ4n) is 10.7. The van der Waals surface area contributed by atoms with Gasteiger partial charge < -0.3 is 45.1 Å². The second-order valence-corrected chi connectivity index (χ2v) is 24.6. The molecule has 0 aromatic rings. The Kier molecular flexibility index (Phi) is 59.9. The van der Waals surface area contributed by atoms with Crippen LogP contribution in [0.2, 0.25) is 0 Å². The molecule has 8 atom stereocenters. The lowest BCUT2D eigenvalue weighted by Crippen LogP contribution is -2.61. The third kappa shape index (κ3) is 51.3. The van der Waals surface area contributed by atoms with Gasteiger partial charge in [0.2, 0.25) is 5.91 Å². The molecule has 0 radical (unpaired) electrons. The van der Waals surface area contributed by atoms with Crippen molar-refractivity contribution in [1.82, 2.24) is 5.32 Å². The summed E-state index contributed by atoms with van der Waals surface area (Å²) in [5, 5.41) is 57.3. The monoisotopic (exact) mass is 1240 g/mol. The zero-order valence-electron chi connectivity index (χ0n) is 56.8. The normalized spacial score (nSPS) is 18.9. The van der Waals surface area contributed by atoms with E-state index in [1.807, 2.05) is 6.08 Å². The number of ether oxygens (including phenoxy) is 3. The number of unbranched alkanes of at least 4 members (excludes halogenated alkanes) is 29. The van der Waals surface area contributed by atoms with E-state index in [1.54, 1.807) is 6.08 Å². The van der Waals surface area contributed by atoms with Crippen molar-refractivity contribution in [2.45, 2.75) is 346 Å². The van der Waals surface area contributed by atoms with E-state index >= 15 is 0 Å². The first-order chi connectivity index (χ1) is 43.7. The molecule has 6 N–H and O–H groups in total. The van der Waals surface area contributed by atoms with Gasteiger partial charge in [-0.25, -0.2) is 0 Å². The van der Waals surface area contributed by atoms with Crippen molar-refractivity contribution in [2.24, 2.45) is 0 Å². The van der Waals surface area contributed by atoms with Crippen molar-refractivity contribution < 1.29 is 49.3 Å². The molecule has 89 heavy (non-hydrogen) atoms. The Morgan fingerprint density at radius 2 is 0.809 bits per heavy atom. The molecule has 1 saturated heterocycles. The van der Waals surface area contributed by atoms with Crippen LogP contribution in [0.4, 0.5) is 0 Å². The van der Waals surface area contributed by atoms with Gasteiger partial charge in [-0.05, 0) is 116 Å². The molecule has 1 amide bonds. The molecule has 0 aromatic carbocycles. The maximum absolute atomic E-state index is 13.5. The van der Waals surface area contributed by atoms with Crippen molar-refractivity contribution in [1.29, 1.82) is 0 Å². The first-order valence-electron chi connectivity index (χ1n) is 36.3. The Balaban J connectivity index is 2.59. The summed E-state index contributed by atoms with van der Waals surface area (Å²) in [6.45, 7) is 5.66. The number of carbonyl (C=O) groups is 2.